The molecule has 0 aromatic heterocycles. The first kappa shape index (κ1) is 14.3. The Balaban J connectivity index is 2.29. The van der Waals surface area contributed by atoms with Gasteiger partial charge in [0.25, 0.3) is 0 Å². The predicted molar refractivity (Wildman–Crippen MR) is 76.4 cm³/mol. The Morgan fingerprint density at radius 1 is 1.53 bits per heavy atom. The lowest BCUT2D eigenvalue weighted by Crippen LogP contribution is -2.39. The van der Waals surface area contributed by atoms with E-state index in [2.05, 4.69) is 5.32 Å². The maximum Gasteiger partial charge on any atom is 0.241 e. The van der Waals surface area contributed by atoms with Crippen LogP contribution in [0.15, 0.2) is 24.3 Å². The third-order valence-electron chi connectivity index (χ3n) is 3.36. The average Bonchev–Trinajstić information content (AvgIpc) is 2.66. The number of hydrogen-bond acceptors (Lipinski definition) is 3. The number of benzene rings is 1. The molecule has 1 heterocycles. The van der Waals surface area contributed by atoms with E-state index in [9.17, 15) is 9.18 Å². The van der Waals surface area contributed by atoms with Crippen molar-refractivity contribution in [2.45, 2.75) is 32.1 Å². The van der Waals surface area contributed by atoms with E-state index in [0.29, 0.717) is 0 Å². The van der Waals surface area contributed by atoms with Gasteiger partial charge in [0.2, 0.25) is 5.91 Å². The first-order valence-corrected chi connectivity index (χ1v) is 7.76. The quantitative estimate of drug-likeness (QED) is 0.920. The highest BCUT2D eigenvalue weighted by molar-refractivity contribution is 7.98. The zero-order valence-corrected chi connectivity index (χ0v) is 12.2. The van der Waals surface area contributed by atoms with Crippen molar-refractivity contribution in [2.24, 2.45) is 0 Å². The summed E-state index contributed by atoms with van der Waals surface area (Å²) in [5, 5.41) is 3.24. The molecular formula is C14H19FN2OS. The van der Waals surface area contributed by atoms with Crippen molar-refractivity contribution in [3.8, 4) is 0 Å². The lowest BCUT2D eigenvalue weighted by atomic mass is 10.1. The molecule has 5 heteroatoms. The topological polar surface area (TPSA) is 32.3 Å². The van der Waals surface area contributed by atoms with Gasteiger partial charge in [0.05, 0.1) is 6.04 Å². The molecule has 1 aliphatic heterocycles. The van der Waals surface area contributed by atoms with E-state index in [1.807, 2.05) is 31.1 Å². The van der Waals surface area contributed by atoms with Gasteiger partial charge in [-0.25, -0.2) is 4.39 Å². The van der Waals surface area contributed by atoms with E-state index < -0.39 is 0 Å². The minimum Gasteiger partial charge on any atom is -0.318 e. The summed E-state index contributed by atoms with van der Waals surface area (Å²) in [4.78, 5) is 14.1. The minimum atomic E-state index is -0.274. The Kier molecular flexibility index (Phi) is 4.47. The summed E-state index contributed by atoms with van der Waals surface area (Å²) < 4.78 is 13.4. The van der Waals surface area contributed by atoms with E-state index in [4.69, 9.17) is 0 Å². The van der Waals surface area contributed by atoms with E-state index >= 15 is 0 Å². The van der Waals surface area contributed by atoms with Crippen LogP contribution < -0.4 is 5.32 Å². The fourth-order valence-corrected chi connectivity index (χ4v) is 3.11. The van der Waals surface area contributed by atoms with Crippen molar-refractivity contribution in [3.05, 3.63) is 35.6 Å². The van der Waals surface area contributed by atoms with Crippen molar-refractivity contribution < 1.29 is 9.18 Å². The highest BCUT2D eigenvalue weighted by atomic mass is 32.2. The van der Waals surface area contributed by atoms with E-state index in [0.717, 1.165) is 11.3 Å². The number of carbonyl (C=O) groups excluding carboxylic acids is 1. The third-order valence-corrected chi connectivity index (χ3v) is 4.17. The summed E-state index contributed by atoms with van der Waals surface area (Å²) in [7, 11) is 0. The predicted octanol–water partition coefficient (Wildman–Crippen LogP) is 2.40. The largest absolute Gasteiger partial charge is 0.318 e. The molecular weight excluding hydrogens is 263 g/mol. The number of thioether (sulfide) groups is 1. The Morgan fingerprint density at radius 3 is 2.89 bits per heavy atom. The van der Waals surface area contributed by atoms with Gasteiger partial charge in [-0.05, 0) is 37.8 Å². The first-order chi connectivity index (χ1) is 9.04. The fourth-order valence-electron chi connectivity index (χ4n) is 2.47. The molecule has 0 radical (unpaired) electrons. The van der Waals surface area contributed by atoms with Crippen LogP contribution in [-0.2, 0) is 4.79 Å². The molecule has 0 saturated carbocycles. The third kappa shape index (κ3) is 2.92. The monoisotopic (exact) mass is 282 g/mol. The van der Waals surface area contributed by atoms with Gasteiger partial charge in [-0.2, -0.15) is 11.8 Å². The van der Waals surface area contributed by atoms with Crippen LogP contribution in [-0.4, -0.2) is 34.9 Å². The van der Waals surface area contributed by atoms with E-state index in [-0.39, 0.29) is 30.0 Å². The van der Waals surface area contributed by atoms with Crippen molar-refractivity contribution in [3.63, 3.8) is 0 Å². The number of rotatable bonds is 4. The molecule has 0 aliphatic carbocycles. The average molecular weight is 282 g/mol. The van der Waals surface area contributed by atoms with Crippen LogP contribution >= 0.6 is 11.8 Å². The number of amides is 1. The maximum atomic E-state index is 13.4. The molecule has 19 heavy (non-hydrogen) atoms. The normalized spacial score (nSPS) is 24.8. The van der Waals surface area contributed by atoms with Gasteiger partial charge in [0.15, 0.2) is 0 Å². The van der Waals surface area contributed by atoms with Crippen LogP contribution in [0.5, 0.6) is 0 Å². The Hall–Kier alpha value is -1.07. The fraction of sp³-hybridized carbons (Fsp3) is 0.500. The highest BCUT2D eigenvalue weighted by Crippen LogP contribution is 2.28. The van der Waals surface area contributed by atoms with Crippen molar-refractivity contribution >= 4 is 17.7 Å². The van der Waals surface area contributed by atoms with Gasteiger partial charge >= 0.3 is 0 Å². The standard InChI is InChI=1S/C14H19FN2OS/c1-9(8-19-3)17-13(16-10(2)14(17)18)11-5-4-6-12(15)7-11/h4-7,9-10,13,16H,8H2,1-3H3. The van der Waals surface area contributed by atoms with Crippen LogP contribution in [0, 0.1) is 5.82 Å². The molecule has 104 valence electrons. The highest BCUT2D eigenvalue weighted by Gasteiger charge is 2.39. The zero-order valence-electron chi connectivity index (χ0n) is 11.4. The van der Waals surface area contributed by atoms with Crippen LogP contribution in [0.4, 0.5) is 4.39 Å². The van der Waals surface area contributed by atoms with Gasteiger partial charge in [0.1, 0.15) is 12.0 Å². The van der Waals surface area contributed by atoms with Crippen molar-refractivity contribution in [1.29, 1.82) is 0 Å². The second-order valence-corrected chi connectivity index (χ2v) is 5.81. The van der Waals surface area contributed by atoms with Gasteiger partial charge in [0, 0.05) is 11.8 Å². The molecule has 1 fully saturated rings. The molecule has 2 rings (SSSR count). The molecule has 1 N–H and O–H groups in total. The lowest BCUT2D eigenvalue weighted by molar-refractivity contribution is -0.131. The molecule has 3 atom stereocenters. The number of hydrogen-bond donors (Lipinski definition) is 1. The summed E-state index contributed by atoms with van der Waals surface area (Å²) in [6, 6.07) is 6.33. The van der Waals surface area contributed by atoms with Gasteiger partial charge in [-0.15, -0.1) is 0 Å². The maximum absolute atomic E-state index is 13.4. The summed E-state index contributed by atoms with van der Waals surface area (Å²) in [5.74, 6) is 0.672. The molecule has 1 amide bonds. The van der Waals surface area contributed by atoms with Crippen LogP contribution in [0.1, 0.15) is 25.6 Å². The molecule has 3 nitrogen and oxygen atoms in total. The zero-order chi connectivity index (χ0) is 14.0. The van der Waals surface area contributed by atoms with Crippen molar-refractivity contribution in [1.82, 2.24) is 10.2 Å². The number of nitrogens with one attached hydrogen (secondary N) is 1. The molecule has 0 spiro atoms. The lowest BCUT2D eigenvalue weighted by Gasteiger charge is -2.30. The SMILES string of the molecule is CSCC(C)N1C(=O)C(C)NC1c1cccc(F)c1. The first-order valence-electron chi connectivity index (χ1n) is 6.37. The Bertz CT molecular complexity index is 469. The Labute approximate surface area is 117 Å². The number of carbonyl (C=O) groups is 1. The second-order valence-electron chi connectivity index (χ2n) is 4.90. The molecule has 1 saturated heterocycles. The summed E-state index contributed by atoms with van der Waals surface area (Å²) in [6.45, 7) is 3.88. The summed E-state index contributed by atoms with van der Waals surface area (Å²) in [5.41, 5.74) is 0.797. The molecule has 1 aromatic rings. The number of nitrogens with zero attached hydrogens (tertiary/aromatic N) is 1. The number of halogens is 1. The molecule has 0 bridgehead atoms. The molecule has 3 unspecified atom stereocenters. The van der Waals surface area contributed by atoms with Crippen LogP contribution in [0.2, 0.25) is 0 Å². The van der Waals surface area contributed by atoms with E-state index in [1.165, 1.54) is 12.1 Å². The minimum absolute atomic E-state index is 0.0795. The van der Waals surface area contributed by atoms with Crippen molar-refractivity contribution in [2.75, 3.05) is 12.0 Å². The van der Waals surface area contributed by atoms with Gasteiger partial charge < -0.3 is 4.90 Å². The van der Waals surface area contributed by atoms with E-state index in [1.54, 1.807) is 17.8 Å². The molecule has 1 aromatic carbocycles. The smallest absolute Gasteiger partial charge is 0.241 e. The summed E-state index contributed by atoms with van der Waals surface area (Å²) in [6.07, 6.45) is 1.78. The summed E-state index contributed by atoms with van der Waals surface area (Å²) >= 11 is 1.70. The Morgan fingerprint density at radius 2 is 2.26 bits per heavy atom. The van der Waals surface area contributed by atoms with Crippen LogP contribution in [0.3, 0.4) is 0 Å². The molecule has 1 aliphatic rings. The van der Waals surface area contributed by atoms with Gasteiger partial charge in [-0.1, -0.05) is 12.1 Å². The van der Waals surface area contributed by atoms with Crippen LogP contribution in [0.25, 0.3) is 0 Å². The van der Waals surface area contributed by atoms with Gasteiger partial charge in [-0.3, -0.25) is 10.1 Å². The second kappa shape index (κ2) is 5.92.